The Kier molecular flexibility index (Phi) is 17.2. The van der Waals surface area contributed by atoms with Crippen LogP contribution in [0.5, 0.6) is 11.5 Å². The fourth-order valence-corrected chi connectivity index (χ4v) is 4.78. The second kappa shape index (κ2) is 19.7. The van der Waals surface area contributed by atoms with Crippen molar-refractivity contribution in [3.63, 3.8) is 0 Å². The molecule has 0 saturated carbocycles. The third-order valence-corrected chi connectivity index (χ3v) is 6.91. The number of rotatable bonds is 9. The number of nitrogens with one attached hydrogen (secondary N) is 1. The number of ether oxygens (including phenoxy) is 5. The van der Waals surface area contributed by atoms with Gasteiger partial charge in [-0.1, -0.05) is 44.5 Å². The van der Waals surface area contributed by atoms with Crippen molar-refractivity contribution in [2.24, 2.45) is 11.5 Å². The molecule has 43 heavy (non-hydrogen) atoms. The molecule has 11 heteroatoms. The monoisotopic (exact) mass is 618 g/mol. The molecule has 0 spiro atoms. The molecule has 4 rings (SSSR count). The zero-order chi connectivity index (χ0) is 32.4. The highest BCUT2D eigenvalue weighted by atomic mass is 35.5. The van der Waals surface area contributed by atoms with E-state index in [1.807, 2.05) is 69.4 Å². The van der Waals surface area contributed by atoms with Gasteiger partial charge in [0, 0.05) is 34.6 Å². The first-order chi connectivity index (χ1) is 20.8. The summed E-state index contributed by atoms with van der Waals surface area (Å²) in [6.07, 6.45) is 2.95. The van der Waals surface area contributed by atoms with E-state index in [1.165, 1.54) is 7.11 Å². The van der Waals surface area contributed by atoms with Crippen LogP contribution in [0.25, 0.3) is 5.69 Å². The average molecular weight is 619 g/mol. The Morgan fingerprint density at radius 1 is 1.05 bits per heavy atom. The van der Waals surface area contributed by atoms with Gasteiger partial charge in [0.2, 0.25) is 0 Å². The summed E-state index contributed by atoms with van der Waals surface area (Å²) in [6.45, 7) is 10.2. The largest absolute Gasteiger partial charge is 0.493 e. The standard InChI is InChI=1S/C20H18ClNO3.C9H19NO3.C2H7N.CH3N/c1-23-18-7-3-6-15(20(18)24-2)19-16-11-13(21)8-9-17(16)22-10-4-5-14(22)12-25-19;1-4-9(5-2,8(11)12-3)13-7-6-10;1-2-3;1-2/h3-11,19H,12H2,1-2H3;4-7,10H2,1-3H3;2-3H2,1H3;2H,1H2/t19-;;;/m1.../s1. The van der Waals surface area contributed by atoms with Crippen molar-refractivity contribution in [3.8, 4) is 17.2 Å². The maximum atomic E-state index is 11.4. The molecule has 5 N–H and O–H groups in total. The Bertz CT molecular complexity index is 1250. The minimum absolute atomic E-state index is 0.307. The minimum Gasteiger partial charge on any atom is -0.493 e. The lowest BCUT2D eigenvalue weighted by atomic mass is 9.97. The summed E-state index contributed by atoms with van der Waals surface area (Å²) in [6, 6.07) is 15.8. The Hall–Kier alpha value is -3.41. The van der Waals surface area contributed by atoms with E-state index in [9.17, 15) is 4.79 Å². The van der Waals surface area contributed by atoms with Crippen LogP contribution < -0.4 is 20.9 Å². The van der Waals surface area contributed by atoms with Crippen LogP contribution in [0.1, 0.15) is 56.5 Å². The molecule has 0 amide bonds. The van der Waals surface area contributed by atoms with Crippen LogP contribution in [0.2, 0.25) is 5.02 Å². The van der Waals surface area contributed by atoms with Gasteiger partial charge in [-0.3, -0.25) is 0 Å². The number of nitrogens with zero attached hydrogens (tertiary/aromatic N) is 1. The van der Waals surface area contributed by atoms with Crippen molar-refractivity contribution in [1.29, 1.82) is 5.41 Å². The average Bonchev–Trinajstić information content (AvgIpc) is 3.46. The van der Waals surface area contributed by atoms with Crippen LogP contribution in [-0.4, -0.2) is 63.9 Å². The van der Waals surface area contributed by atoms with E-state index >= 15 is 0 Å². The van der Waals surface area contributed by atoms with E-state index in [0.717, 1.165) is 29.1 Å². The molecule has 3 aromatic rings. The second-order valence-electron chi connectivity index (χ2n) is 9.08. The Morgan fingerprint density at radius 3 is 2.28 bits per heavy atom. The number of halogens is 1. The number of aromatic nitrogens is 1. The van der Waals surface area contributed by atoms with E-state index in [0.29, 0.717) is 49.1 Å². The summed E-state index contributed by atoms with van der Waals surface area (Å²) < 4.78 is 29.6. The number of hydrogen-bond acceptors (Lipinski definition) is 9. The molecule has 1 aliphatic rings. The quantitative estimate of drug-likeness (QED) is 0.205. The first-order valence-electron chi connectivity index (χ1n) is 14.1. The summed E-state index contributed by atoms with van der Waals surface area (Å²) in [5.74, 6) is 1.04. The highest BCUT2D eigenvalue weighted by Crippen LogP contribution is 2.43. The lowest BCUT2D eigenvalue weighted by Crippen LogP contribution is -2.42. The number of fused-ring (bicyclic) bond motifs is 3. The van der Waals surface area contributed by atoms with Gasteiger partial charge in [0.15, 0.2) is 17.1 Å². The number of esters is 1. The van der Waals surface area contributed by atoms with E-state index in [2.05, 4.69) is 22.1 Å². The maximum Gasteiger partial charge on any atom is 0.338 e. The number of para-hydroxylation sites is 1. The lowest BCUT2D eigenvalue weighted by Gasteiger charge is -2.28. The molecule has 238 valence electrons. The molecular formula is C32H47ClN4O6. The zero-order valence-electron chi connectivity index (χ0n) is 26.2. The van der Waals surface area contributed by atoms with Gasteiger partial charge < -0.3 is 45.1 Å². The van der Waals surface area contributed by atoms with Gasteiger partial charge in [-0.2, -0.15) is 0 Å². The van der Waals surface area contributed by atoms with Gasteiger partial charge >= 0.3 is 5.97 Å². The molecule has 0 bridgehead atoms. The number of hydrogen-bond donors (Lipinski definition) is 3. The van der Waals surface area contributed by atoms with Gasteiger partial charge in [-0.05, 0) is 62.5 Å². The van der Waals surface area contributed by atoms with Crippen molar-refractivity contribution in [2.75, 3.05) is 41.0 Å². The third-order valence-electron chi connectivity index (χ3n) is 6.67. The number of methoxy groups -OCH3 is 3. The molecule has 0 unspecified atom stereocenters. The lowest BCUT2D eigenvalue weighted by molar-refractivity contribution is -0.170. The van der Waals surface area contributed by atoms with Crippen LogP contribution in [0, 0.1) is 5.41 Å². The molecule has 2 heterocycles. The molecule has 0 fully saturated rings. The number of benzene rings is 2. The van der Waals surface area contributed by atoms with Crippen LogP contribution >= 0.6 is 11.6 Å². The molecule has 2 aromatic carbocycles. The minimum atomic E-state index is -0.798. The van der Waals surface area contributed by atoms with Crippen LogP contribution in [-0.2, 0) is 25.6 Å². The summed E-state index contributed by atoms with van der Waals surface area (Å²) in [7, 11) is 4.64. The fraction of sp³-hybridized carbons (Fsp3) is 0.438. The topological polar surface area (TPSA) is 144 Å². The first kappa shape index (κ1) is 37.6. The first-order valence-corrected chi connectivity index (χ1v) is 14.4. The smallest absolute Gasteiger partial charge is 0.338 e. The van der Waals surface area contributed by atoms with Gasteiger partial charge in [-0.25, -0.2) is 4.79 Å². The summed E-state index contributed by atoms with van der Waals surface area (Å²) in [4.78, 5) is 11.4. The van der Waals surface area contributed by atoms with Crippen molar-refractivity contribution in [1.82, 2.24) is 4.57 Å². The van der Waals surface area contributed by atoms with E-state index in [4.69, 9.17) is 47.4 Å². The second-order valence-corrected chi connectivity index (χ2v) is 9.52. The molecule has 0 radical (unpaired) electrons. The highest BCUT2D eigenvalue weighted by Gasteiger charge is 2.36. The summed E-state index contributed by atoms with van der Waals surface area (Å²) in [5, 5.41) is 6.17. The van der Waals surface area contributed by atoms with E-state index < -0.39 is 5.60 Å². The van der Waals surface area contributed by atoms with Crippen LogP contribution in [0.4, 0.5) is 0 Å². The molecule has 10 nitrogen and oxygen atoms in total. The zero-order valence-corrected chi connectivity index (χ0v) is 26.9. The highest BCUT2D eigenvalue weighted by molar-refractivity contribution is 6.30. The predicted molar refractivity (Wildman–Crippen MR) is 172 cm³/mol. The van der Waals surface area contributed by atoms with Crippen LogP contribution in [0.3, 0.4) is 0 Å². The van der Waals surface area contributed by atoms with Gasteiger partial charge in [0.05, 0.1) is 40.2 Å². The maximum absolute atomic E-state index is 11.4. The van der Waals surface area contributed by atoms with E-state index in [1.54, 1.807) is 14.2 Å². The van der Waals surface area contributed by atoms with Crippen molar-refractivity contribution in [3.05, 3.63) is 76.6 Å². The number of carbonyl (C=O) groups is 1. The predicted octanol–water partition coefficient (Wildman–Crippen LogP) is 5.69. The summed E-state index contributed by atoms with van der Waals surface area (Å²) >= 11 is 6.30. The summed E-state index contributed by atoms with van der Waals surface area (Å²) in [5.41, 5.74) is 13.4. The van der Waals surface area contributed by atoms with E-state index in [-0.39, 0.29) is 12.1 Å². The Balaban J connectivity index is 0.000000436. The van der Waals surface area contributed by atoms with Crippen molar-refractivity contribution < 1.29 is 28.5 Å². The molecular weight excluding hydrogens is 572 g/mol. The molecule has 1 atom stereocenters. The molecule has 1 aromatic heterocycles. The third kappa shape index (κ3) is 9.54. The normalized spacial score (nSPS) is 13.2. The molecule has 0 aliphatic carbocycles. The van der Waals surface area contributed by atoms with Crippen molar-refractivity contribution in [2.45, 2.75) is 51.9 Å². The fourth-order valence-electron chi connectivity index (χ4n) is 4.60. The molecule has 1 aliphatic heterocycles. The van der Waals surface area contributed by atoms with Gasteiger partial charge in [-0.15, -0.1) is 0 Å². The van der Waals surface area contributed by atoms with Crippen LogP contribution in [0.15, 0.2) is 54.7 Å². The van der Waals surface area contributed by atoms with Gasteiger partial charge in [0.25, 0.3) is 0 Å². The number of carbonyl (C=O) groups excluding carboxylic acids is 1. The van der Waals surface area contributed by atoms with Gasteiger partial charge in [0.1, 0.15) is 6.10 Å². The van der Waals surface area contributed by atoms with Crippen molar-refractivity contribution >= 4 is 24.3 Å². The number of nitrogens with two attached hydrogens (primary N) is 2. The SMILES string of the molecule is C=N.CCC(CC)(OCCN)C(=O)OC.CCN.COc1cccc([C@H]2OCc3cccn3-c3ccc(Cl)cc32)c1OC. The Morgan fingerprint density at radius 2 is 1.72 bits per heavy atom. The Labute approximate surface area is 260 Å². The molecule has 0 saturated heterocycles.